The molecule has 0 aliphatic heterocycles. The van der Waals surface area contributed by atoms with E-state index in [-0.39, 0.29) is 5.91 Å². The standard InChI is InChI=1S/C27H23N5O2/c1-32(2)27(33)19-10-8-18(9-11-19)24-25-23(26(28)31-30-25)22(16-29-24)17-12-14-21(15-13-17)34-20-6-4-3-5-7-20/h3-16H,1-2H3,(H3,28,30,31). The third-order valence-electron chi connectivity index (χ3n) is 5.58. The summed E-state index contributed by atoms with van der Waals surface area (Å²) in [5.74, 6) is 1.87. The van der Waals surface area contributed by atoms with E-state index in [1.165, 1.54) is 0 Å². The highest BCUT2D eigenvalue weighted by atomic mass is 16.5. The monoisotopic (exact) mass is 449 g/mol. The molecule has 1 amide bonds. The van der Waals surface area contributed by atoms with Crippen LogP contribution in [0.25, 0.3) is 33.3 Å². The van der Waals surface area contributed by atoms with Crippen molar-refractivity contribution in [1.29, 1.82) is 0 Å². The van der Waals surface area contributed by atoms with Crippen LogP contribution in [0.15, 0.2) is 85.1 Å². The van der Waals surface area contributed by atoms with Gasteiger partial charge in [-0.1, -0.05) is 42.5 Å². The molecule has 7 heteroatoms. The minimum atomic E-state index is -0.0505. The van der Waals surface area contributed by atoms with Crippen molar-refractivity contribution in [3.63, 3.8) is 0 Å². The molecule has 3 N–H and O–H groups in total. The fourth-order valence-corrected chi connectivity index (χ4v) is 3.85. The Bertz CT molecular complexity index is 1460. The zero-order chi connectivity index (χ0) is 23.7. The minimum absolute atomic E-state index is 0.0505. The number of ether oxygens (including phenoxy) is 1. The Morgan fingerprint density at radius 1 is 0.882 bits per heavy atom. The van der Waals surface area contributed by atoms with Gasteiger partial charge in [-0.25, -0.2) is 0 Å². The molecule has 7 nitrogen and oxygen atoms in total. The number of anilines is 1. The van der Waals surface area contributed by atoms with Gasteiger partial charge in [0.2, 0.25) is 0 Å². The maximum atomic E-state index is 12.2. The number of nitrogens with one attached hydrogen (secondary N) is 1. The first-order valence-electron chi connectivity index (χ1n) is 10.8. The van der Waals surface area contributed by atoms with Crippen LogP contribution in [0.4, 0.5) is 5.82 Å². The van der Waals surface area contributed by atoms with E-state index in [2.05, 4.69) is 10.2 Å². The van der Waals surface area contributed by atoms with Crippen LogP contribution < -0.4 is 10.5 Å². The third kappa shape index (κ3) is 3.95. The quantitative estimate of drug-likeness (QED) is 0.376. The first-order chi connectivity index (χ1) is 16.5. The number of hydrogen-bond donors (Lipinski definition) is 2. The summed E-state index contributed by atoms with van der Waals surface area (Å²) in [5, 5.41) is 8.07. The van der Waals surface area contributed by atoms with Crippen LogP contribution in [0.1, 0.15) is 10.4 Å². The number of para-hydroxylation sites is 1. The molecule has 34 heavy (non-hydrogen) atoms. The van der Waals surface area contributed by atoms with E-state index in [0.29, 0.717) is 11.4 Å². The van der Waals surface area contributed by atoms with Gasteiger partial charge in [-0.05, 0) is 42.0 Å². The van der Waals surface area contributed by atoms with Crippen LogP contribution in [0.2, 0.25) is 0 Å². The lowest BCUT2D eigenvalue weighted by Crippen LogP contribution is -2.21. The Morgan fingerprint density at radius 2 is 1.53 bits per heavy atom. The Labute approximate surface area is 196 Å². The molecule has 0 fully saturated rings. The molecule has 0 unspecified atom stereocenters. The number of benzene rings is 3. The summed E-state index contributed by atoms with van der Waals surface area (Å²) in [5.41, 5.74) is 11.0. The fourth-order valence-electron chi connectivity index (χ4n) is 3.85. The molecule has 5 rings (SSSR count). The molecule has 0 saturated carbocycles. The Morgan fingerprint density at radius 3 is 2.21 bits per heavy atom. The second-order valence-electron chi connectivity index (χ2n) is 8.10. The lowest BCUT2D eigenvalue weighted by molar-refractivity contribution is 0.0827. The molecule has 3 aromatic carbocycles. The van der Waals surface area contributed by atoms with E-state index in [0.717, 1.165) is 44.8 Å². The average molecular weight is 450 g/mol. The smallest absolute Gasteiger partial charge is 0.253 e. The molecule has 0 saturated heterocycles. The van der Waals surface area contributed by atoms with Gasteiger partial charge in [-0.15, -0.1) is 0 Å². The summed E-state index contributed by atoms with van der Waals surface area (Å²) in [4.78, 5) is 18.5. The van der Waals surface area contributed by atoms with Gasteiger partial charge in [0, 0.05) is 37.0 Å². The number of hydrogen-bond acceptors (Lipinski definition) is 5. The lowest BCUT2D eigenvalue weighted by atomic mass is 10.00. The van der Waals surface area contributed by atoms with Gasteiger partial charge in [0.15, 0.2) is 5.82 Å². The topological polar surface area (TPSA) is 97.1 Å². The zero-order valence-corrected chi connectivity index (χ0v) is 18.8. The number of nitrogen functional groups attached to an aromatic ring is 1. The van der Waals surface area contributed by atoms with Crippen molar-refractivity contribution in [2.24, 2.45) is 0 Å². The van der Waals surface area contributed by atoms with Gasteiger partial charge in [-0.3, -0.25) is 14.9 Å². The molecule has 5 aromatic rings. The van der Waals surface area contributed by atoms with Gasteiger partial charge in [0.25, 0.3) is 5.91 Å². The first kappa shape index (κ1) is 21.2. The Balaban J connectivity index is 1.49. The van der Waals surface area contributed by atoms with Crippen LogP contribution in [-0.4, -0.2) is 40.1 Å². The first-order valence-corrected chi connectivity index (χ1v) is 10.8. The number of amides is 1. The van der Waals surface area contributed by atoms with E-state index >= 15 is 0 Å². The minimum Gasteiger partial charge on any atom is -0.457 e. The number of carbonyl (C=O) groups is 1. The lowest BCUT2D eigenvalue weighted by Gasteiger charge is -2.11. The van der Waals surface area contributed by atoms with Gasteiger partial charge in [0.1, 0.15) is 11.5 Å². The summed E-state index contributed by atoms with van der Waals surface area (Å²) < 4.78 is 5.90. The second kappa shape index (κ2) is 8.71. The largest absolute Gasteiger partial charge is 0.457 e. The number of aromatic amines is 1. The van der Waals surface area contributed by atoms with Gasteiger partial charge in [0.05, 0.1) is 16.6 Å². The number of aromatic nitrogens is 3. The van der Waals surface area contributed by atoms with Crippen LogP contribution in [0.5, 0.6) is 11.5 Å². The predicted octanol–water partition coefficient (Wildman–Crippen LogP) is 5.37. The molecular weight excluding hydrogens is 426 g/mol. The summed E-state index contributed by atoms with van der Waals surface area (Å²) in [6.45, 7) is 0. The van der Waals surface area contributed by atoms with Crippen molar-refractivity contribution >= 4 is 22.6 Å². The SMILES string of the molecule is CN(C)C(=O)c1ccc(-c2ncc(-c3ccc(Oc4ccccc4)cc3)c3c(N)n[nH]c23)cc1. The number of fused-ring (bicyclic) bond motifs is 1. The number of rotatable bonds is 5. The van der Waals surface area contributed by atoms with E-state index in [1.54, 1.807) is 37.3 Å². The van der Waals surface area contributed by atoms with Crippen LogP contribution in [0, 0.1) is 0 Å². The number of pyridine rings is 1. The molecule has 0 aliphatic carbocycles. The van der Waals surface area contributed by atoms with Crippen LogP contribution in [0.3, 0.4) is 0 Å². The molecular formula is C27H23N5O2. The van der Waals surface area contributed by atoms with Crippen LogP contribution >= 0.6 is 0 Å². The summed E-state index contributed by atoms with van der Waals surface area (Å²) in [7, 11) is 3.46. The van der Waals surface area contributed by atoms with Crippen molar-refractivity contribution in [1.82, 2.24) is 20.1 Å². The number of carbonyl (C=O) groups excluding carboxylic acids is 1. The van der Waals surface area contributed by atoms with Gasteiger partial charge < -0.3 is 15.4 Å². The summed E-state index contributed by atoms with van der Waals surface area (Å²) in [6, 6.07) is 24.8. The maximum absolute atomic E-state index is 12.2. The molecule has 0 radical (unpaired) electrons. The van der Waals surface area contributed by atoms with Crippen molar-refractivity contribution in [2.75, 3.05) is 19.8 Å². The van der Waals surface area contributed by atoms with Crippen molar-refractivity contribution in [3.8, 4) is 33.9 Å². The third-order valence-corrected chi connectivity index (χ3v) is 5.58. The van der Waals surface area contributed by atoms with E-state index in [9.17, 15) is 4.79 Å². The highest BCUT2D eigenvalue weighted by Crippen LogP contribution is 2.36. The number of H-pyrrole nitrogens is 1. The molecule has 2 aromatic heterocycles. The van der Waals surface area contributed by atoms with Crippen molar-refractivity contribution in [2.45, 2.75) is 0 Å². The molecule has 2 heterocycles. The summed E-state index contributed by atoms with van der Waals surface area (Å²) >= 11 is 0. The highest BCUT2D eigenvalue weighted by molar-refractivity contribution is 6.06. The fraction of sp³-hybridized carbons (Fsp3) is 0.0741. The Kier molecular flexibility index (Phi) is 5.43. The maximum Gasteiger partial charge on any atom is 0.253 e. The van der Waals surface area contributed by atoms with E-state index in [1.807, 2.05) is 66.7 Å². The predicted molar refractivity (Wildman–Crippen MR) is 134 cm³/mol. The second-order valence-corrected chi connectivity index (χ2v) is 8.10. The van der Waals surface area contributed by atoms with Crippen molar-refractivity contribution in [3.05, 3.63) is 90.6 Å². The summed E-state index contributed by atoms with van der Waals surface area (Å²) in [6.07, 6.45) is 1.80. The van der Waals surface area contributed by atoms with E-state index in [4.69, 9.17) is 15.5 Å². The number of nitrogens with two attached hydrogens (primary N) is 1. The molecule has 0 spiro atoms. The molecule has 0 aliphatic rings. The normalized spacial score (nSPS) is 10.9. The number of nitrogens with zero attached hydrogens (tertiary/aromatic N) is 3. The average Bonchev–Trinajstić information content (AvgIpc) is 3.26. The molecule has 0 atom stereocenters. The van der Waals surface area contributed by atoms with Gasteiger partial charge >= 0.3 is 0 Å². The van der Waals surface area contributed by atoms with Crippen LogP contribution in [-0.2, 0) is 0 Å². The molecule has 0 bridgehead atoms. The van der Waals surface area contributed by atoms with Gasteiger partial charge in [-0.2, -0.15) is 5.10 Å². The van der Waals surface area contributed by atoms with E-state index < -0.39 is 0 Å². The highest BCUT2D eigenvalue weighted by Gasteiger charge is 2.17. The van der Waals surface area contributed by atoms with Crippen molar-refractivity contribution < 1.29 is 9.53 Å². The Hall–Kier alpha value is -4.65. The zero-order valence-electron chi connectivity index (χ0n) is 18.8. The molecule has 168 valence electrons.